The van der Waals surface area contributed by atoms with Crippen LogP contribution >= 0.6 is 35.1 Å². The van der Waals surface area contributed by atoms with Crippen LogP contribution in [0.2, 0.25) is 5.02 Å². The van der Waals surface area contributed by atoms with Gasteiger partial charge in [-0.15, -0.1) is 11.8 Å². The number of aromatic nitrogens is 2. The molecule has 0 unspecified atom stereocenters. The first-order valence-electron chi connectivity index (χ1n) is 7.96. The smallest absolute Gasteiger partial charge is 0.268 e. The summed E-state index contributed by atoms with van der Waals surface area (Å²) < 4.78 is 1.64. The van der Waals surface area contributed by atoms with Crippen LogP contribution in [0.4, 0.5) is 5.69 Å². The van der Waals surface area contributed by atoms with Crippen LogP contribution in [0, 0.1) is 0 Å². The lowest BCUT2D eigenvalue weighted by Crippen LogP contribution is -2.25. The number of nitrogens with one attached hydrogen (secondary N) is 1. The molecule has 0 saturated carbocycles. The number of halogens is 1. The Labute approximate surface area is 159 Å². The fourth-order valence-electron chi connectivity index (χ4n) is 2.61. The number of hydrogen-bond acceptors (Lipinski definition) is 5. The SMILES string of the molecule is CCn1c(SCC(=O)Nc2cccc(Cl)c2)nc2c(c1=O)S[C@@H](C)C2. The molecular formula is C17H18ClN3O2S2. The second kappa shape index (κ2) is 7.85. The average Bonchev–Trinajstić information content (AvgIpc) is 2.94. The van der Waals surface area contributed by atoms with E-state index in [2.05, 4.69) is 17.2 Å². The number of carbonyl (C=O) groups excluding carboxylic acids is 1. The molecule has 1 aromatic carbocycles. The summed E-state index contributed by atoms with van der Waals surface area (Å²) in [6.07, 6.45) is 0.794. The van der Waals surface area contributed by atoms with Crippen LogP contribution in [0.5, 0.6) is 0 Å². The molecule has 132 valence electrons. The number of rotatable bonds is 5. The van der Waals surface area contributed by atoms with Crippen molar-refractivity contribution in [3.8, 4) is 0 Å². The van der Waals surface area contributed by atoms with E-state index in [1.165, 1.54) is 11.8 Å². The molecule has 2 heterocycles. The van der Waals surface area contributed by atoms with Gasteiger partial charge in [0, 0.05) is 28.9 Å². The molecule has 0 fully saturated rings. The Kier molecular flexibility index (Phi) is 5.76. The van der Waals surface area contributed by atoms with Gasteiger partial charge in [0.2, 0.25) is 5.91 Å². The summed E-state index contributed by atoms with van der Waals surface area (Å²) >= 11 is 8.79. The zero-order valence-corrected chi connectivity index (χ0v) is 16.3. The summed E-state index contributed by atoms with van der Waals surface area (Å²) in [5.74, 6) is 0.0212. The van der Waals surface area contributed by atoms with Crippen LogP contribution in [-0.4, -0.2) is 26.5 Å². The van der Waals surface area contributed by atoms with Gasteiger partial charge in [0.15, 0.2) is 5.16 Å². The zero-order chi connectivity index (χ0) is 18.0. The molecule has 25 heavy (non-hydrogen) atoms. The molecule has 0 saturated heterocycles. The number of nitrogens with zero attached hydrogens (tertiary/aromatic N) is 2. The highest BCUT2D eigenvalue weighted by atomic mass is 35.5. The van der Waals surface area contributed by atoms with E-state index in [9.17, 15) is 9.59 Å². The summed E-state index contributed by atoms with van der Waals surface area (Å²) in [6, 6.07) is 7.00. The first kappa shape index (κ1) is 18.4. The van der Waals surface area contributed by atoms with Gasteiger partial charge < -0.3 is 5.32 Å². The van der Waals surface area contributed by atoms with Crippen LogP contribution < -0.4 is 10.9 Å². The van der Waals surface area contributed by atoms with Gasteiger partial charge in [-0.05, 0) is 25.1 Å². The van der Waals surface area contributed by atoms with Gasteiger partial charge in [-0.1, -0.05) is 36.4 Å². The predicted octanol–water partition coefficient (Wildman–Crippen LogP) is 3.68. The standard InChI is InChI=1S/C17H18ClN3O2S2/c1-3-21-16(23)15-13(7-10(2)25-15)20-17(21)24-9-14(22)19-12-6-4-5-11(18)8-12/h4-6,8,10H,3,7,9H2,1-2H3,(H,19,22)/t10-/m0/s1. The molecule has 1 aliphatic rings. The number of fused-ring (bicyclic) bond motifs is 1. The van der Waals surface area contributed by atoms with E-state index < -0.39 is 0 Å². The molecule has 1 aliphatic heterocycles. The number of hydrogen-bond donors (Lipinski definition) is 1. The first-order valence-corrected chi connectivity index (χ1v) is 10.2. The van der Waals surface area contributed by atoms with Crippen molar-refractivity contribution in [1.29, 1.82) is 0 Å². The minimum Gasteiger partial charge on any atom is -0.325 e. The second-order valence-electron chi connectivity index (χ2n) is 5.70. The van der Waals surface area contributed by atoms with Crippen LogP contribution in [-0.2, 0) is 17.8 Å². The van der Waals surface area contributed by atoms with E-state index in [1.54, 1.807) is 40.6 Å². The second-order valence-corrected chi connectivity index (χ2v) is 8.53. The first-order chi connectivity index (χ1) is 12.0. The predicted molar refractivity (Wildman–Crippen MR) is 104 cm³/mol. The Bertz CT molecular complexity index is 869. The third-order valence-electron chi connectivity index (χ3n) is 3.72. The van der Waals surface area contributed by atoms with Crippen molar-refractivity contribution in [2.45, 2.75) is 42.1 Å². The maximum absolute atomic E-state index is 12.6. The lowest BCUT2D eigenvalue weighted by atomic mass is 10.2. The maximum atomic E-state index is 12.6. The van der Waals surface area contributed by atoms with Gasteiger partial charge in [0.1, 0.15) is 0 Å². The molecule has 1 aromatic heterocycles. The van der Waals surface area contributed by atoms with Crippen LogP contribution in [0.1, 0.15) is 19.5 Å². The Balaban J connectivity index is 1.73. The van der Waals surface area contributed by atoms with Crippen molar-refractivity contribution < 1.29 is 4.79 Å². The van der Waals surface area contributed by atoms with E-state index in [-0.39, 0.29) is 17.2 Å². The molecule has 1 atom stereocenters. The van der Waals surface area contributed by atoms with E-state index in [0.29, 0.717) is 27.7 Å². The van der Waals surface area contributed by atoms with Crippen molar-refractivity contribution in [3.63, 3.8) is 0 Å². The van der Waals surface area contributed by atoms with Gasteiger partial charge in [0.05, 0.1) is 16.3 Å². The number of anilines is 1. The maximum Gasteiger partial charge on any atom is 0.268 e. The van der Waals surface area contributed by atoms with Crippen molar-refractivity contribution in [2.75, 3.05) is 11.1 Å². The quantitative estimate of drug-likeness (QED) is 0.618. The minimum atomic E-state index is -0.160. The fourth-order valence-corrected chi connectivity index (χ4v) is 4.80. The van der Waals surface area contributed by atoms with E-state index >= 15 is 0 Å². The van der Waals surface area contributed by atoms with Crippen molar-refractivity contribution >= 4 is 46.7 Å². The molecule has 0 aliphatic carbocycles. The van der Waals surface area contributed by atoms with E-state index in [0.717, 1.165) is 17.0 Å². The summed E-state index contributed by atoms with van der Waals surface area (Å²) in [6.45, 7) is 4.54. The highest BCUT2D eigenvalue weighted by Crippen LogP contribution is 2.34. The number of benzene rings is 1. The van der Waals surface area contributed by atoms with Gasteiger partial charge in [0.25, 0.3) is 5.56 Å². The molecule has 0 radical (unpaired) electrons. The highest BCUT2D eigenvalue weighted by molar-refractivity contribution is 8.00. The van der Waals surface area contributed by atoms with Gasteiger partial charge in [-0.3, -0.25) is 14.2 Å². The Morgan fingerprint density at radius 3 is 3.04 bits per heavy atom. The average molecular weight is 396 g/mol. The fraction of sp³-hybridized carbons (Fsp3) is 0.353. The van der Waals surface area contributed by atoms with Gasteiger partial charge >= 0.3 is 0 Å². The lowest BCUT2D eigenvalue weighted by molar-refractivity contribution is -0.113. The third kappa shape index (κ3) is 4.22. The molecule has 3 rings (SSSR count). The monoisotopic (exact) mass is 395 g/mol. The number of amides is 1. The molecule has 0 bridgehead atoms. The van der Waals surface area contributed by atoms with E-state index in [1.807, 2.05) is 6.92 Å². The summed E-state index contributed by atoms with van der Waals surface area (Å²) in [4.78, 5) is 30.2. The van der Waals surface area contributed by atoms with Crippen molar-refractivity contribution in [3.05, 3.63) is 45.3 Å². The van der Waals surface area contributed by atoms with Crippen molar-refractivity contribution in [2.24, 2.45) is 0 Å². The normalized spacial score (nSPS) is 15.9. The highest BCUT2D eigenvalue weighted by Gasteiger charge is 2.26. The van der Waals surface area contributed by atoms with Crippen LogP contribution in [0.3, 0.4) is 0 Å². The van der Waals surface area contributed by atoms with E-state index in [4.69, 9.17) is 11.6 Å². The molecule has 2 aromatic rings. The molecule has 1 amide bonds. The summed E-state index contributed by atoms with van der Waals surface area (Å²) in [5.41, 5.74) is 1.50. The lowest BCUT2D eigenvalue weighted by Gasteiger charge is -2.11. The molecule has 8 heteroatoms. The minimum absolute atomic E-state index is 0.000371. The molecule has 0 spiro atoms. The zero-order valence-electron chi connectivity index (χ0n) is 13.9. The molecule has 5 nitrogen and oxygen atoms in total. The molecule has 1 N–H and O–H groups in total. The Morgan fingerprint density at radius 2 is 2.32 bits per heavy atom. The van der Waals surface area contributed by atoms with Gasteiger partial charge in [-0.25, -0.2) is 4.98 Å². The largest absolute Gasteiger partial charge is 0.325 e. The Morgan fingerprint density at radius 1 is 1.52 bits per heavy atom. The van der Waals surface area contributed by atoms with Crippen LogP contribution in [0.15, 0.2) is 39.1 Å². The van der Waals surface area contributed by atoms with Gasteiger partial charge in [-0.2, -0.15) is 0 Å². The van der Waals surface area contributed by atoms with Crippen LogP contribution in [0.25, 0.3) is 0 Å². The number of thioether (sulfide) groups is 2. The summed E-state index contributed by atoms with van der Waals surface area (Å²) in [5, 5.41) is 4.33. The summed E-state index contributed by atoms with van der Waals surface area (Å²) in [7, 11) is 0. The molecular weight excluding hydrogens is 378 g/mol. The number of carbonyl (C=O) groups is 1. The Hall–Kier alpha value is -1.44. The topological polar surface area (TPSA) is 64.0 Å². The van der Waals surface area contributed by atoms with Crippen molar-refractivity contribution in [1.82, 2.24) is 9.55 Å². The third-order valence-corrected chi connectivity index (χ3v) is 6.15.